The minimum atomic E-state index is -0.752. The molecule has 2 N–H and O–H groups in total. The third kappa shape index (κ3) is 4.20. The van der Waals surface area contributed by atoms with Crippen LogP contribution in [0.5, 0.6) is 0 Å². The number of aliphatic hydroxyl groups is 1. The first-order valence-electron chi connectivity index (χ1n) is 6.68. The van der Waals surface area contributed by atoms with Crippen molar-refractivity contribution < 1.29 is 19.0 Å². The van der Waals surface area contributed by atoms with Crippen molar-refractivity contribution in [1.29, 1.82) is 0 Å². The Morgan fingerprint density at radius 3 is 2.65 bits per heavy atom. The molecule has 4 nitrogen and oxygen atoms in total. The number of carbonyl (C=O) groups excluding carboxylic acids is 1. The standard InChI is InChI=1S/C15H20FNO3/c1-14(2,3)20-13(18)17-12-5-4-11(16)8-10(12)9-15(19)6-7-15/h4-5,8,19H,6-7,9H2,1-3H3,(H,17,18). The van der Waals surface area contributed by atoms with Gasteiger partial charge in [0.05, 0.1) is 5.60 Å². The molecule has 0 unspecified atom stereocenters. The van der Waals surface area contributed by atoms with Crippen LogP contribution < -0.4 is 5.32 Å². The lowest BCUT2D eigenvalue weighted by molar-refractivity contribution is 0.0635. The number of carbonyl (C=O) groups is 1. The maximum Gasteiger partial charge on any atom is 0.412 e. The van der Waals surface area contributed by atoms with Gasteiger partial charge in [-0.3, -0.25) is 5.32 Å². The number of hydrogen-bond acceptors (Lipinski definition) is 3. The predicted octanol–water partition coefficient (Wildman–Crippen LogP) is 3.24. The van der Waals surface area contributed by atoms with Gasteiger partial charge in [-0.2, -0.15) is 0 Å². The summed E-state index contributed by atoms with van der Waals surface area (Å²) in [4.78, 5) is 11.8. The molecule has 2 rings (SSSR count). The summed E-state index contributed by atoms with van der Waals surface area (Å²) in [6.07, 6.45) is 1.15. The van der Waals surface area contributed by atoms with Crippen LogP contribution in [0.1, 0.15) is 39.2 Å². The van der Waals surface area contributed by atoms with E-state index in [4.69, 9.17) is 4.74 Å². The van der Waals surface area contributed by atoms with Crippen LogP contribution in [0, 0.1) is 5.82 Å². The van der Waals surface area contributed by atoms with Gasteiger partial charge in [0.2, 0.25) is 0 Å². The zero-order chi connectivity index (χ0) is 15.0. The Morgan fingerprint density at radius 2 is 2.10 bits per heavy atom. The average molecular weight is 281 g/mol. The number of amides is 1. The SMILES string of the molecule is CC(C)(C)OC(=O)Nc1ccc(F)cc1CC1(O)CC1. The van der Waals surface area contributed by atoms with Gasteiger partial charge in [0.25, 0.3) is 0 Å². The van der Waals surface area contributed by atoms with E-state index in [1.807, 2.05) is 0 Å². The highest BCUT2D eigenvalue weighted by Gasteiger charge is 2.40. The van der Waals surface area contributed by atoms with Crippen molar-refractivity contribution in [3.05, 3.63) is 29.6 Å². The van der Waals surface area contributed by atoms with Gasteiger partial charge >= 0.3 is 6.09 Å². The van der Waals surface area contributed by atoms with Gasteiger partial charge in [0.15, 0.2) is 0 Å². The second-order valence-corrected chi connectivity index (χ2v) is 6.33. The van der Waals surface area contributed by atoms with Crippen LogP contribution in [0.4, 0.5) is 14.9 Å². The predicted molar refractivity (Wildman–Crippen MR) is 74.1 cm³/mol. The molecule has 0 aliphatic heterocycles. The molecule has 1 fully saturated rings. The lowest BCUT2D eigenvalue weighted by atomic mass is 10.0. The molecule has 0 radical (unpaired) electrons. The molecule has 1 aliphatic rings. The molecule has 110 valence electrons. The van der Waals surface area contributed by atoms with Gasteiger partial charge in [-0.15, -0.1) is 0 Å². The van der Waals surface area contributed by atoms with Crippen LogP contribution in [0.3, 0.4) is 0 Å². The van der Waals surface area contributed by atoms with Gasteiger partial charge in [0.1, 0.15) is 11.4 Å². The molecule has 1 aromatic carbocycles. The zero-order valence-electron chi connectivity index (χ0n) is 12.0. The van der Waals surface area contributed by atoms with Gasteiger partial charge < -0.3 is 9.84 Å². The summed E-state index contributed by atoms with van der Waals surface area (Å²) in [5.74, 6) is -0.390. The molecule has 1 aliphatic carbocycles. The normalized spacial score (nSPS) is 16.6. The molecular formula is C15H20FNO3. The van der Waals surface area contributed by atoms with Crippen LogP contribution >= 0.6 is 0 Å². The fourth-order valence-electron chi connectivity index (χ4n) is 1.92. The van der Waals surface area contributed by atoms with Crippen molar-refractivity contribution in [2.24, 2.45) is 0 Å². The van der Waals surface area contributed by atoms with E-state index in [-0.39, 0.29) is 5.82 Å². The third-order valence-electron chi connectivity index (χ3n) is 3.05. The summed E-state index contributed by atoms with van der Waals surface area (Å²) >= 11 is 0. The molecule has 20 heavy (non-hydrogen) atoms. The maximum absolute atomic E-state index is 13.3. The Hall–Kier alpha value is -1.62. The number of halogens is 1. The average Bonchev–Trinajstić information content (AvgIpc) is 2.97. The highest BCUT2D eigenvalue weighted by Crippen LogP contribution is 2.39. The number of ether oxygens (including phenoxy) is 1. The fourth-order valence-corrected chi connectivity index (χ4v) is 1.92. The van der Waals surface area contributed by atoms with E-state index in [0.717, 1.165) is 0 Å². The quantitative estimate of drug-likeness (QED) is 0.894. The first-order chi connectivity index (χ1) is 9.17. The largest absolute Gasteiger partial charge is 0.444 e. The van der Waals surface area contributed by atoms with Crippen molar-refractivity contribution in [2.75, 3.05) is 5.32 Å². The molecular weight excluding hydrogens is 261 g/mol. The Morgan fingerprint density at radius 1 is 1.45 bits per heavy atom. The van der Waals surface area contributed by atoms with Crippen molar-refractivity contribution in [1.82, 2.24) is 0 Å². The minimum absolute atomic E-state index is 0.329. The van der Waals surface area contributed by atoms with Crippen molar-refractivity contribution in [3.63, 3.8) is 0 Å². The summed E-state index contributed by atoms with van der Waals surface area (Å²) in [6.45, 7) is 5.31. The summed E-state index contributed by atoms with van der Waals surface area (Å²) in [6, 6.07) is 4.09. The van der Waals surface area contributed by atoms with Crippen molar-refractivity contribution in [3.8, 4) is 0 Å². The molecule has 1 saturated carbocycles. The smallest absolute Gasteiger partial charge is 0.412 e. The number of benzene rings is 1. The lowest BCUT2D eigenvalue weighted by Crippen LogP contribution is -2.27. The molecule has 5 heteroatoms. The second-order valence-electron chi connectivity index (χ2n) is 6.33. The Balaban J connectivity index is 2.12. The van der Waals surface area contributed by atoms with E-state index >= 15 is 0 Å². The molecule has 0 heterocycles. The fraction of sp³-hybridized carbons (Fsp3) is 0.533. The highest BCUT2D eigenvalue weighted by molar-refractivity contribution is 5.86. The van der Waals surface area contributed by atoms with Crippen LogP contribution in [-0.2, 0) is 11.2 Å². The second kappa shape index (κ2) is 5.05. The molecule has 0 bridgehead atoms. The van der Waals surface area contributed by atoms with Gasteiger partial charge in [-0.25, -0.2) is 9.18 Å². The first kappa shape index (κ1) is 14.8. The van der Waals surface area contributed by atoms with Crippen LogP contribution in [-0.4, -0.2) is 22.4 Å². The van der Waals surface area contributed by atoms with E-state index < -0.39 is 17.3 Å². The van der Waals surface area contributed by atoms with E-state index in [2.05, 4.69) is 5.32 Å². The van der Waals surface area contributed by atoms with Crippen molar-refractivity contribution in [2.45, 2.75) is 51.2 Å². The maximum atomic E-state index is 13.3. The number of rotatable bonds is 3. The monoisotopic (exact) mass is 281 g/mol. The summed E-state index contributed by atoms with van der Waals surface area (Å²) < 4.78 is 18.5. The Labute approximate surface area is 117 Å². The van der Waals surface area contributed by atoms with E-state index in [1.165, 1.54) is 18.2 Å². The molecule has 1 amide bonds. The third-order valence-corrected chi connectivity index (χ3v) is 3.05. The van der Waals surface area contributed by atoms with E-state index in [1.54, 1.807) is 20.8 Å². The summed E-state index contributed by atoms with van der Waals surface area (Å²) in [5, 5.41) is 12.6. The van der Waals surface area contributed by atoms with Crippen LogP contribution in [0.25, 0.3) is 0 Å². The highest BCUT2D eigenvalue weighted by atomic mass is 19.1. The van der Waals surface area contributed by atoms with Gasteiger partial charge in [-0.1, -0.05) is 0 Å². The number of nitrogens with one attached hydrogen (secondary N) is 1. The van der Waals surface area contributed by atoms with E-state index in [9.17, 15) is 14.3 Å². The molecule has 0 spiro atoms. The zero-order valence-corrected chi connectivity index (χ0v) is 12.0. The molecule has 1 aromatic rings. The Kier molecular flexibility index (Phi) is 3.73. The van der Waals surface area contributed by atoms with Gasteiger partial charge in [0, 0.05) is 12.1 Å². The molecule has 0 atom stereocenters. The van der Waals surface area contributed by atoms with E-state index in [0.29, 0.717) is 30.5 Å². The number of hydrogen-bond donors (Lipinski definition) is 2. The summed E-state index contributed by atoms with van der Waals surface area (Å²) in [5.41, 5.74) is -0.297. The van der Waals surface area contributed by atoms with Crippen LogP contribution in [0.2, 0.25) is 0 Å². The first-order valence-corrected chi connectivity index (χ1v) is 6.68. The lowest BCUT2D eigenvalue weighted by Gasteiger charge is -2.21. The summed E-state index contributed by atoms with van der Waals surface area (Å²) in [7, 11) is 0. The molecule has 0 aromatic heterocycles. The topological polar surface area (TPSA) is 58.6 Å². The van der Waals surface area contributed by atoms with Gasteiger partial charge in [-0.05, 0) is 57.4 Å². The minimum Gasteiger partial charge on any atom is -0.444 e. The Bertz CT molecular complexity index is 518. The molecule has 0 saturated heterocycles. The van der Waals surface area contributed by atoms with Crippen LogP contribution in [0.15, 0.2) is 18.2 Å². The van der Waals surface area contributed by atoms with Crippen molar-refractivity contribution >= 4 is 11.8 Å². The number of anilines is 1.